The number of anilines is 2. The van der Waals surface area contributed by atoms with Crippen LogP contribution in [0.1, 0.15) is 23.4 Å². The largest absolute Gasteiger partial charge is 0.348 e. The van der Waals surface area contributed by atoms with Crippen LogP contribution in [0.3, 0.4) is 0 Å². The molecule has 2 heterocycles. The highest BCUT2D eigenvalue weighted by atomic mass is 32.2. The quantitative estimate of drug-likeness (QED) is 0.576. The highest BCUT2D eigenvalue weighted by molar-refractivity contribution is 8.01. The summed E-state index contributed by atoms with van der Waals surface area (Å²) in [6, 6.07) is 12.1. The molecule has 0 spiro atoms. The third-order valence-corrected chi connectivity index (χ3v) is 6.41. The molecule has 25 heavy (non-hydrogen) atoms. The molecular weight excluding hydrogens is 372 g/mol. The van der Waals surface area contributed by atoms with Gasteiger partial charge in [-0.3, -0.25) is 4.79 Å². The van der Waals surface area contributed by atoms with Gasteiger partial charge in [0.1, 0.15) is 0 Å². The first-order valence-electron chi connectivity index (χ1n) is 7.73. The first-order chi connectivity index (χ1) is 12.1. The topological polar surface area (TPSA) is 66.9 Å². The van der Waals surface area contributed by atoms with Crippen molar-refractivity contribution in [2.24, 2.45) is 0 Å². The highest BCUT2D eigenvalue weighted by Crippen LogP contribution is 2.28. The second-order valence-electron chi connectivity index (χ2n) is 5.46. The number of amides is 1. The third kappa shape index (κ3) is 5.29. The van der Waals surface area contributed by atoms with Crippen LogP contribution in [0.15, 0.2) is 46.1 Å². The Morgan fingerprint density at radius 2 is 2.04 bits per heavy atom. The van der Waals surface area contributed by atoms with Crippen LogP contribution in [0.2, 0.25) is 0 Å². The monoisotopic (exact) mass is 390 g/mol. The van der Waals surface area contributed by atoms with Gasteiger partial charge in [-0.25, -0.2) is 0 Å². The van der Waals surface area contributed by atoms with Crippen LogP contribution in [-0.4, -0.2) is 21.9 Å². The number of hydrogen-bond acceptors (Lipinski definition) is 7. The molecule has 1 aromatic carbocycles. The van der Waals surface area contributed by atoms with Crippen LogP contribution in [0.25, 0.3) is 0 Å². The number of aromatic nitrogens is 2. The normalized spacial score (nSPS) is 11.9. The van der Waals surface area contributed by atoms with Crippen molar-refractivity contribution >= 4 is 51.2 Å². The summed E-state index contributed by atoms with van der Waals surface area (Å²) >= 11 is 4.48. The van der Waals surface area contributed by atoms with Crippen molar-refractivity contribution < 1.29 is 4.79 Å². The molecule has 0 aliphatic heterocycles. The van der Waals surface area contributed by atoms with E-state index in [4.69, 9.17) is 0 Å². The van der Waals surface area contributed by atoms with Gasteiger partial charge in [0.05, 0.1) is 11.8 Å². The lowest BCUT2D eigenvalue weighted by Gasteiger charge is -2.11. The van der Waals surface area contributed by atoms with Crippen LogP contribution in [0.5, 0.6) is 0 Å². The van der Waals surface area contributed by atoms with Crippen LogP contribution in [0, 0.1) is 6.92 Å². The molecule has 0 bridgehead atoms. The maximum atomic E-state index is 12.1. The minimum absolute atomic E-state index is 0.00542. The van der Waals surface area contributed by atoms with Gasteiger partial charge in [-0.05, 0) is 37.4 Å². The molecule has 3 rings (SSSR count). The Labute approximate surface area is 158 Å². The van der Waals surface area contributed by atoms with E-state index < -0.39 is 0 Å². The highest BCUT2D eigenvalue weighted by Gasteiger charge is 2.12. The summed E-state index contributed by atoms with van der Waals surface area (Å²) in [6.07, 6.45) is 0. The van der Waals surface area contributed by atoms with E-state index in [9.17, 15) is 4.79 Å². The summed E-state index contributed by atoms with van der Waals surface area (Å²) in [7, 11) is 0. The molecular formula is C17H18N4OS3. The molecule has 0 aliphatic rings. The van der Waals surface area contributed by atoms with E-state index in [0.29, 0.717) is 5.75 Å². The van der Waals surface area contributed by atoms with Gasteiger partial charge < -0.3 is 10.6 Å². The SMILES string of the molecule is Cc1ccc(Nc2nnc(SCC(=O)NC(C)c3cccs3)s2)cc1. The second kappa shape index (κ2) is 8.46. The average molecular weight is 391 g/mol. The Hall–Kier alpha value is -1.90. The summed E-state index contributed by atoms with van der Waals surface area (Å²) in [5.74, 6) is 0.323. The molecule has 8 heteroatoms. The number of benzene rings is 1. The minimum atomic E-state index is -0.00542. The van der Waals surface area contributed by atoms with Gasteiger partial charge in [-0.1, -0.05) is 46.9 Å². The zero-order valence-electron chi connectivity index (χ0n) is 13.9. The standard InChI is InChI=1S/C17H18N4OS3/c1-11-5-7-13(8-6-11)19-16-20-21-17(25-16)24-10-15(22)18-12(2)14-4-3-9-23-14/h3-9,12H,10H2,1-2H3,(H,18,22)(H,19,20). The number of nitrogens with one attached hydrogen (secondary N) is 2. The summed E-state index contributed by atoms with van der Waals surface area (Å²) in [5, 5.41) is 17.2. The first-order valence-corrected chi connectivity index (χ1v) is 10.4. The molecule has 130 valence electrons. The van der Waals surface area contributed by atoms with Gasteiger partial charge in [0, 0.05) is 10.6 Å². The molecule has 3 aromatic rings. The second-order valence-corrected chi connectivity index (χ2v) is 8.64. The lowest BCUT2D eigenvalue weighted by Crippen LogP contribution is -2.27. The van der Waals surface area contributed by atoms with Gasteiger partial charge in [-0.2, -0.15) is 0 Å². The average Bonchev–Trinajstić information content (AvgIpc) is 3.27. The summed E-state index contributed by atoms with van der Waals surface area (Å²) in [6.45, 7) is 4.04. The van der Waals surface area contributed by atoms with Gasteiger partial charge in [0.2, 0.25) is 11.0 Å². The fourth-order valence-electron chi connectivity index (χ4n) is 2.10. The number of hydrogen-bond donors (Lipinski definition) is 2. The van der Waals surface area contributed by atoms with Crippen molar-refractivity contribution in [1.82, 2.24) is 15.5 Å². The van der Waals surface area contributed by atoms with Gasteiger partial charge in [0.15, 0.2) is 4.34 Å². The van der Waals surface area contributed by atoms with Crippen molar-refractivity contribution in [2.45, 2.75) is 24.2 Å². The number of thiophene rings is 1. The number of thioether (sulfide) groups is 1. The van der Waals surface area contributed by atoms with E-state index in [2.05, 4.69) is 20.8 Å². The number of aryl methyl sites for hydroxylation is 1. The Kier molecular flexibility index (Phi) is 6.06. The zero-order chi connectivity index (χ0) is 17.6. The molecule has 0 saturated heterocycles. The number of nitrogens with zero attached hydrogens (tertiary/aromatic N) is 2. The molecule has 2 N–H and O–H groups in total. The van der Waals surface area contributed by atoms with Gasteiger partial charge >= 0.3 is 0 Å². The maximum absolute atomic E-state index is 12.1. The predicted octanol–water partition coefficient (Wildman–Crippen LogP) is 4.62. The summed E-state index contributed by atoms with van der Waals surface area (Å²) < 4.78 is 0.772. The number of carbonyl (C=O) groups is 1. The zero-order valence-corrected chi connectivity index (χ0v) is 16.3. The van der Waals surface area contributed by atoms with Crippen LogP contribution < -0.4 is 10.6 Å². The van der Waals surface area contributed by atoms with Crippen molar-refractivity contribution in [2.75, 3.05) is 11.1 Å². The molecule has 0 fully saturated rings. The van der Waals surface area contributed by atoms with E-state index in [0.717, 1.165) is 20.0 Å². The number of carbonyl (C=O) groups excluding carboxylic acids is 1. The van der Waals surface area contributed by atoms with Crippen LogP contribution in [0.4, 0.5) is 10.8 Å². The summed E-state index contributed by atoms with van der Waals surface area (Å²) in [5.41, 5.74) is 2.18. The molecule has 1 amide bonds. The van der Waals surface area contributed by atoms with E-state index in [1.807, 2.05) is 55.6 Å². The van der Waals surface area contributed by atoms with Crippen LogP contribution >= 0.6 is 34.4 Å². The van der Waals surface area contributed by atoms with E-state index in [-0.39, 0.29) is 11.9 Å². The Bertz CT molecular complexity index is 815. The van der Waals surface area contributed by atoms with E-state index >= 15 is 0 Å². The van der Waals surface area contributed by atoms with Crippen LogP contribution in [-0.2, 0) is 4.79 Å². The Morgan fingerprint density at radius 3 is 2.76 bits per heavy atom. The predicted molar refractivity (Wildman–Crippen MR) is 106 cm³/mol. The molecule has 5 nitrogen and oxygen atoms in total. The fourth-order valence-corrected chi connectivity index (χ4v) is 4.42. The third-order valence-electron chi connectivity index (χ3n) is 3.38. The van der Waals surface area contributed by atoms with Gasteiger partial charge in [-0.15, -0.1) is 21.5 Å². The van der Waals surface area contributed by atoms with E-state index in [1.54, 1.807) is 11.3 Å². The molecule has 0 saturated carbocycles. The molecule has 1 atom stereocenters. The lowest BCUT2D eigenvalue weighted by molar-refractivity contribution is -0.119. The number of rotatable bonds is 7. The summed E-state index contributed by atoms with van der Waals surface area (Å²) in [4.78, 5) is 13.2. The minimum Gasteiger partial charge on any atom is -0.348 e. The lowest BCUT2D eigenvalue weighted by atomic mass is 10.2. The van der Waals surface area contributed by atoms with Crippen molar-refractivity contribution in [3.05, 3.63) is 52.2 Å². The Balaban J connectivity index is 1.48. The Morgan fingerprint density at radius 1 is 1.24 bits per heavy atom. The van der Waals surface area contributed by atoms with E-state index in [1.165, 1.54) is 28.7 Å². The van der Waals surface area contributed by atoms with Crippen molar-refractivity contribution in [1.29, 1.82) is 0 Å². The van der Waals surface area contributed by atoms with Crippen molar-refractivity contribution in [3.8, 4) is 0 Å². The first kappa shape index (κ1) is 17.9. The molecule has 0 radical (unpaired) electrons. The van der Waals surface area contributed by atoms with Gasteiger partial charge in [0.25, 0.3) is 0 Å². The smallest absolute Gasteiger partial charge is 0.230 e. The molecule has 1 unspecified atom stereocenters. The molecule has 0 aliphatic carbocycles. The van der Waals surface area contributed by atoms with Crippen molar-refractivity contribution in [3.63, 3.8) is 0 Å². The fraction of sp³-hybridized carbons (Fsp3) is 0.235. The maximum Gasteiger partial charge on any atom is 0.230 e. The molecule has 2 aromatic heterocycles.